The number of rotatable bonds is 4. The number of thiophene rings is 1. The molecule has 3 aromatic rings. The summed E-state index contributed by atoms with van der Waals surface area (Å²) in [7, 11) is 0. The zero-order valence-corrected chi connectivity index (χ0v) is 14.6. The monoisotopic (exact) mass is 329 g/mol. The second-order valence-corrected chi connectivity index (χ2v) is 8.19. The molecule has 0 aliphatic carbocycles. The van der Waals surface area contributed by atoms with Crippen molar-refractivity contribution in [2.75, 3.05) is 0 Å². The normalized spacial score (nSPS) is 13.6. The molecule has 0 aromatic carbocycles. The van der Waals surface area contributed by atoms with E-state index in [-0.39, 0.29) is 11.0 Å². The van der Waals surface area contributed by atoms with Crippen molar-refractivity contribution in [2.45, 2.75) is 34.1 Å². The molecule has 1 radical (unpaired) electrons. The topological polar surface area (TPSA) is 74.4 Å². The summed E-state index contributed by atoms with van der Waals surface area (Å²) in [5, 5.41) is 0. The van der Waals surface area contributed by atoms with Gasteiger partial charge < -0.3 is 9.97 Å². The minimum atomic E-state index is -0.0870. The third-order valence-electron chi connectivity index (χ3n) is 3.53. The van der Waals surface area contributed by atoms with E-state index in [2.05, 4.69) is 47.6 Å². The van der Waals surface area contributed by atoms with Crippen LogP contribution in [0, 0.1) is 17.8 Å². The molecule has 0 aliphatic rings. The zero-order valence-electron chi connectivity index (χ0n) is 13.8. The van der Waals surface area contributed by atoms with E-state index in [4.69, 9.17) is 0 Å². The molecule has 0 aliphatic heterocycles. The van der Waals surface area contributed by atoms with Gasteiger partial charge in [0.25, 0.3) is 5.56 Å². The van der Waals surface area contributed by atoms with E-state index >= 15 is 0 Å². The Balaban J connectivity index is 1.90. The Kier molecular flexibility index (Phi) is 4.10. The van der Waals surface area contributed by atoms with Crippen LogP contribution in [-0.2, 0) is 0 Å². The molecule has 2 N–H and O–H groups in total. The predicted octanol–water partition coefficient (Wildman–Crippen LogP) is 4.00. The Morgan fingerprint density at radius 2 is 2.17 bits per heavy atom. The summed E-state index contributed by atoms with van der Waals surface area (Å²) in [5.74, 6) is 0.991. The van der Waals surface area contributed by atoms with E-state index in [1.807, 2.05) is 18.7 Å². The van der Waals surface area contributed by atoms with Crippen molar-refractivity contribution in [1.29, 1.82) is 0 Å². The van der Waals surface area contributed by atoms with E-state index in [1.54, 1.807) is 6.33 Å². The molecule has 0 amide bonds. The molecule has 0 saturated heterocycles. The lowest BCUT2D eigenvalue weighted by Gasteiger charge is -2.22. The first-order chi connectivity index (χ1) is 10.8. The van der Waals surface area contributed by atoms with Gasteiger partial charge in [-0.15, -0.1) is 11.3 Å². The summed E-state index contributed by atoms with van der Waals surface area (Å²) in [6.07, 6.45) is 6.52. The van der Waals surface area contributed by atoms with Gasteiger partial charge in [0.05, 0.1) is 22.4 Å². The van der Waals surface area contributed by atoms with Crippen LogP contribution in [0.5, 0.6) is 0 Å². The van der Waals surface area contributed by atoms with Crippen LogP contribution < -0.4 is 5.56 Å². The third-order valence-corrected chi connectivity index (χ3v) is 4.67. The second-order valence-electron chi connectivity index (χ2n) is 7.14. The first-order valence-electron chi connectivity index (χ1n) is 7.70. The number of aromatic amines is 2. The van der Waals surface area contributed by atoms with Gasteiger partial charge in [-0.05, 0) is 23.8 Å². The average molecular weight is 329 g/mol. The highest BCUT2D eigenvalue weighted by Gasteiger charge is 2.18. The van der Waals surface area contributed by atoms with Crippen molar-refractivity contribution >= 4 is 21.6 Å². The van der Waals surface area contributed by atoms with Crippen LogP contribution in [0.1, 0.15) is 39.9 Å². The molecule has 0 unspecified atom stereocenters. The van der Waals surface area contributed by atoms with Gasteiger partial charge in [-0.25, -0.2) is 9.97 Å². The number of H-pyrrole nitrogens is 2. The van der Waals surface area contributed by atoms with Crippen LogP contribution in [0.15, 0.2) is 23.4 Å². The number of aromatic nitrogens is 4. The number of nitrogens with one attached hydrogen (secondary N) is 2. The number of hydrogen-bond donors (Lipinski definition) is 2. The van der Waals surface area contributed by atoms with E-state index in [9.17, 15) is 4.79 Å². The fraction of sp³-hybridized carbons (Fsp3) is 0.412. The largest absolute Gasteiger partial charge is 0.351 e. The van der Waals surface area contributed by atoms with Crippen LogP contribution in [0.25, 0.3) is 20.8 Å². The van der Waals surface area contributed by atoms with Crippen LogP contribution in [-0.4, -0.2) is 19.9 Å². The summed E-state index contributed by atoms with van der Waals surface area (Å²) in [5.41, 5.74) is 1.72. The van der Waals surface area contributed by atoms with E-state index in [0.717, 1.165) is 22.5 Å². The molecule has 0 spiro atoms. The van der Waals surface area contributed by atoms with Crippen LogP contribution in [0.2, 0.25) is 0 Å². The maximum atomic E-state index is 12.3. The Morgan fingerprint density at radius 3 is 2.83 bits per heavy atom. The van der Waals surface area contributed by atoms with Gasteiger partial charge in [0.1, 0.15) is 10.5 Å². The first-order valence-corrected chi connectivity index (χ1v) is 8.51. The summed E-state index contributed by atoms with van der Waals surface area (Å²) in [6.45, 7) is 8.79. The molecule has 23 heavy (non-hydrogen) atoms. The van der Waals surface area contributed by atoms with Gasteiger partial charge in [0.15, 0.2) is 0 Å². The fourth-order valence-electron chi connectivity index (χ4n) is 2.85. The van der Waals surface area contributed by atoms with Crippen molar-refractivity contribution in [3.63, 3.8) is 0 Å². The summed E-state index contributed by atoms with van der Waals surface area (Å²) < 4.78 is 0.642. The molecule has 3 aromatic heterocycles. The first kappa shape index (κ1) is 15.9. The number of nitrogens with zero attached hydrogens (tertiary/aromatic N) is 2. The summed E-state index contributed by atoms with van der Waals surface area (Å²) in [6, 6.07) is 1.93. The van der Waals surface area contributed by atoms with Crippen LogP contribution in [0.3, 0.4) is 0 Å². The lowest BCUT2D eigenvalue weighted by molar-refractivity contribution is 0.328. The third kappa shape index (κ3) is 3.69. The molecule has 5 nitrogen and oxygen atoms in total. The van der Waals surface area contributed by atoms with Gasteiger partial charge >= 0.3 is 0 Å². The fourth-order valence-corrected chi connectivity index (χ4v) is 3.81. The second kappa shape index (κ2) is 5.92. The lowest BCUT2D eigenvalue weighted by atomic mass is 9.84. The van der Waals surface area contributed by atoms with Gasteiger partial charge in [0.2, 0.25) is 0 Å². The Bertz CT molecular complexity index is 855. The maximum absolute atomic E-state index is 12.3. The SMILES string of the molecule is C[C@@H]([CH]c1nc2cc(-c3c[nH]cn3)sc2c(=O)[nH]1)CC(C)(C)C. The smallest absolute Gasteiger partial charge is 0.268 e. The lowest BCUT2D eigenvalue weighted by Crippen LogP contribution is -2.15. The molecule has 3 rings (SSSR count). The highest BCUT2D eigenvalue weighted by Crippen LogP contribution is 2.30. The average Bonchev–Trinajstić information content (AvgIpc) is 3.03. The Morgan fingerprint density at radius 1 is 1.39 bits per heavy atom. The van der Waals surface area contributed by atoms with Gasteiger partial charge in [-0.3, -0.25) is 4.79 Å². The van der Waals surface area contributed by atoms with E-state index < -0.39 is 0 Å². The highest BCUT2D eigenvalue weighted by molar-refractivity contribution is 7.22. The molecule has 3 heterocycles. The minimum absolute atomic E-state index is 0.0870. The van der Waals surface area contributed by atoms with Crippen molar-refractivity contribution in [2.24, 2.45) is 11.3 Å². The molecule has 0 saturated carbocycles. The quantitative estimate of drug-likeness (QED) is 0.759. The number of fused-ring (bicyclic) bond motifs is 1. The number of hydrogen-bond acceptors (Lipinski definition) is 4. The molecule has 6 heteroatoms. The number of imidazole rings is 1. The van der Waals surface area contributed by atoms with Gasteiger partial charge in [-0.1, -0.05) is 27.7 Å². The molecule has 121 valence electrons. The molecular formula is C17H21N4OS. The predicted molar refractivity (Wildman–Crippen MR) is 94.5 cm³/mol. The summed E-state index contributed by atoms with van der Waals surface area (Å²) in [4.78, 5) is 27.9. The standard InChI is InChI=1S/C17H21N4OS/c1-10(7-17(2,3)4)5-14-20-11-6-13(12-8-18-9-19-12)23-15(11)16(22)21-14/h5-6,8-10H,7H2,1-4H3,(H,18,19)(H,20,21,22)/t10-/m0/s1. The Hall–Kier alpha value is -1.95. The highest BCUT2D eigenvalue weighted by atomic mass is 32.1. The van der Waals surface area contributed by atoms with Crippen molar-refractivity contribution in [1.82, 2.24) is 19.9 Å². The van der Waals surface area contributed by atoms with Crippen molar-refractivity contribution in [3.05, 3.63) is 41.2 Å². The van der Waals surface area contributed by atoms with Crippen LogP contribution >= 0.6 is 11.3 Å². The molecule has 0 fully saturated rings. The molecule has 1 atom stereocenters. The maximum Gasteiger partial charge on any atom is 0.268 e. The van der Waals surface area contributed by atoms with E-state index in [1.165, 1.54) is 11.3 Å². The van der Waals surface area contributed by atoms with E-state index in [0.29, 0.717) is 16.4 Å². The Labute approximate surface area is 139 Å². The molecular weight excluding hydrogens is 308 g/mol. The van der Waals surface area contributed by atoms with Crippen LogP contribution in [0.4, 0.5) is 0 Å². The van der Waals surface area contributed by atoms with Crippen molar-refractivity contribution in [3.8, 4) is 10.6 Å². The minimum Gasteiger partial charge on any atom is -0.351 e. The van der Waals surface area contributed by atoms with Gasteiger partial charge in [-0.2, -0.15) is 0 Å². The summed E-state index contributed by atoms with van der Waals surface area (Å²) >= 11 is 1.42. The molecule has 0 bridgehead atoms. The zero-order chi connectivity index (χ0) is 16.6. The van der Waals surface area contributed by atoms with Crippen molar-refractivity contribution < 1.29 is 0 Å². The van der Waals surface area contributed by atoms with Gasteiger partial charge in [0, 0.05) is 12.6 Å².